The quantitative estimate of drug-likeness (QED) is 0.229. The summed E-state index contributed by atoms with van der Waals surface area (Å²) in [6.45, 7) is 1.93. The molecule has 3 nitrogen and oxygen atoms in total. The Morgan fingerprint density at radius 1 is 1.06 bits per heavy atom. The number of carboxylic acid groups (broad SMARTS) is 1. The van der Waals surface area contributed by atoms with Crippen molar-refractivity contribution < 1.29 is 18.7 Å². The Morgan fingerprint density at radius 2 is 1.79 bits per heavy atom. The minimum Gasteiger partial charge on any atom is -0.478 e. The lowest BCUT2D eigenvalue weighted by molar-refractivity contribution is -0.131. The first-order chi connectivity index (χ1) is 15.9. The SMILES string of the molecule is CC/C(=C(/c1ccc(/C=C/C(=O)O)cc1)c1[nH]c2ccccc2c1F)c1ccc(F)cc1Cl. The molecule has 0 aliphatic carbocycles. The van der Waals surface area contributed by atoms with E-state index >= 15 is 4.39 Å². The second-order valence-corrected chi connectivity index (χ2v) is 7.89. The maximum absolute atomic E-state index is 15.6. The predicted octanol–water partition coefficient (Wildman–Crippen LogP) is 7.57. The van der Waals surface area contributed by atoms with Crippen LogP contribution in [0.2, 0.25) is 5.02 Å². The smallest absolute Gasteiger partial charge is 0.328 e. The van der Waals surface area contributed by atoms with Gasteiger partial charge in [0, 0.05) is 22.6 Å². The summed E-state index contributed by atoms with van der Waals surface area (Å²) in [5, 5.41) is 9.57. The third-order valence-corrected chi connectivity index (χ3v) is 5.73. The largest absolute Gasteiger partial charge is 0.478 e. The van der Waals surface area contributed by atoms with Gasteiger partial charge in [0.05, 0.1) is 10.7 Å². The Kier molecular flexibility index (Phi) is 6.43. The number of carbonyl (C=O) groups is 1. The number of H-pyrrole nitrogens is 1. The zero-order chi connectivity index (χ0) is 23.5. The van der Waals surface area contributed by atoms with E-state index in [0.717, 1.165) is 11.6 Å². The molecule has 1 aromatic heterocycles. The minimum atomic E-state index is -1.04. The van der Waals surface area contributed by atoms with E-state index in [0.29, 0.717) is 45.3 Å². The van der Waals surface area contributed by atoms with Gasteiger partial charge in [-0.25, -0.2) is 13.6 Å². The molecule has 0 amide bonds. The van der Waals surface area contributed by atoms with E-state index < -0.39 is 11.8 Å². The lowest BCUT2D eigenvalue weighted by Crippen LogP contribution is -1.98. The van der Waals surface area contributed by atoms with Crippen molar-refractivity contribution in [2.24, 2.45) is 0 Å². The number of rotatable bonds is 6. The molecule has 166 valence electrons. The van der Waals surface area contributed by atoms with Gasteiger partial charge in [-0.15, -0.1) is 0 Å². The average molecular weight is 464 g/mol. The number of para-hydroxylation sites is 1. The van der Waals surface area contributed by atoms with Gasteiger partial charge in [0.1, 0.15) is 5.82 Å². The molecule has 2 N–H and O–H groups in total. The number of aromatic amines is 1. The summed E-state index contributed by atoms with van der Waals surface area (Å²) in [5.41, 5.74) is 4.34. The van der Waals surface area contributed by atoms with Crippen LogP contribution in [0.4, 0.5) is 8.78 Å². The van der Waals surface area contributed by atoms with E-state index in [-0.39, 0.29) is 10.8 Å². The molecule has 6 heteroatoms. The molecular weight excluding hydrogens is 444 g/mol. The summed E-state index contributed by atoms with van der Waals surface area (Å²) in [6, 6.07) is 18.4. The third-order valence-electron chi connectivity index (χ3n) is 5.42. The van der Waals surface area contributed by atoms with Crippen molar-refractivity contribution in [2.75, 3.05) is 0 Å². The first kappa shape index (κ1) is 22.5. The third kappa shape index (κ3) is 4.59. The Balaban J connectivity index is 1.98. The molecule has 0 saturated carbocycles. The van der Waals surface area contributed by atoms with Gasteiger partial charge in [-0.1, -0.05) is 61.0 Å². The van der Waals surface area contributed by atoms with Gasteiger partial charge in [0.15, 0.2) is 5.82 Å². The Labute approximate surface area is 194 Å². The van der Waals surface area contributed by atoms with Gasteiger partial charge < -0.3 is 10.1 Å². The lowest BCUT2D eigenvalue weighted by atomic mass is 9.90. The number of halogens is 3. The van der Waals surface area contributed by atoms with Crippen molar-refractivity contribution in [3.63, 3.8) is 0 Å². The molecule has 0 bridgehead atoms. The molecule has 0 radical (unpaired) electrons. The highest BCUT2D eigenvalue weighted by molar-refractivity contribution is 6.32. The number of benzene rings is 3. The van der Waals surface area contributed by atoms with Gasteiger partial charge in [-0.2, -0.15) is 0 Å². The zero-order valence-electron chi connectivity index (χ0n) is 17.7. The molecule has 0 saturated heterocycles. The molecule has 0 atom stereocenters. The summed E-state index contributed by atoms with van der Waals surface area (Å²) >= 11 is 6.39. The summed E-state index contributed by atoms with van der Waals surface area (Å²) in [4.78, 5) is 14.0. The van der Waals surface area contributed by atoms with Crippen LogP contribution in [0, 0.1) is 11.6 Å². The van der Waals surface area contributed by atoms with E-state index in [1.165, 1.54) is 18.2 Å². The molecule has 33 heavy (non-hydrogen) atoms. The van der Waals surface area contributed by atoms with Crippen LogP contribution in [-0.4, -0.2) is 16.1 Å². The summed E-state index contributed by atoms with van der Waals surface area (Å²) in [5.74, 6) is -1.88. The van der Waals surface area contributed by atoms with Crippen molar-refractivity contribution in [1.29, 1.82) is 0 Å². The number of hydrogen-bond acceptors (Lipinski definition) is 1. The fourth-order valence-electron chi connectivity index (χ4n) is 3.91. The van der Waals surface area contributed by atoms with Crippen molar-refractivity contribution in [3.8, 4) is 0 Å². The van der Waals surface area contributed by atoms with Crippen LogP contribution in [0.3, 0.4) is 0 Å². The van der Waals surface area contributed by atoms with Gasteiger partial charge >= 0.3 is 5.97 Å². The molecule has 4 aromatic rings. The average Bonchev–Trinajstić information content (AvgIpc) is 3.13. The van der Waals surface area contributed by atoms with Crippen molar-refractivity contribution >= 4 is 45.7 Å². The number of carboxylic acids is 1. The molecule has 4 rings (SSSR count). The highest BCUT2D eigenvalue weighted by atomic mass is 35.5. The number of nitrogens with one attached hydrogen (secondary N) is 1. The molecule has 0 aliphatic heterocycles. The molecular formula is C27H20ClF2NO2. The number of hydrogen-bond donors (Lipinski definition) is 2. The van der Waals surface area contributed by atoms with E-state index in [2.05, 4.69) is 4.98 Å². The molecule has 3 aromatic carbocycles. The maximum atomic E-state index is 15.6. The number of allylic oxidation sites excluding steroid dienone is 1. The van der Waals surface area contributed by atoms with Gasteiger partial charge in [-0.3, -0.25) is 0 Å². The van der Waals surface area contributed by atoms with Crippen molar-refractivity contribution in [3.05, 3.63) is 112 Å². The first-order valence-corrected chi connectivity index (χ1v) is 10.7. The van der Waals surface area contributed by atoms with Crippen LogP contribution in [0.15, 0.2) is 72.8 Å². The Hall–Kier alpha value is -3.70. The lowest BCUT2D eigenvalue weighted by Gasteiger charge is -2.16. The Morgan fingerprint density at radius 3 is 2.42 bits per heavy atom. The van der Waals surface area contributed by atoms with Crippen molar-refractivity contribution in [1.82, 2.24) is 4.98 Å². The molecule has 0 unspecified atom stereocenters. The monoisotopic (exact) mass is 463 g/mol. The Bertz CT molecular complexity index is 1400. The fourth-order valence-corrected chi connectivity index (χ4v) is 4.20. The van der Waals surface area contributed by atoms with Crippen LogP contribution in [0.5, 0.6) is 0 Å². The normalized spacial score (nSPS) is 12.4. The van der Waals surface area contributed by atoms with Gasteiger partial charge in [-0.05, 0) is 59.0 Å². The standard InChI is InChI=1S/C27H20ClF2NO2/c1-2-19(20-13-12-18(29)15-22(20)28)25(17-10-7-16(8-11-17)9-14-24(32)33)27-26(30)21-5-3-4-6-23(21)31-27/h3-15,31H,2H2,1H3,(H,32,33)/b14-9+,25-19+. The van der Waals surface area contributed by atoms with Crippen LogP contribution in [-0.2, 0) is 4.79 Å². The second-order valence-electron chi connectivity index (χ2n) is 7.48. The van der Waals surface area contributed by atoms with Crippen molar-refractivity contribution in [2.45, 2.75) is 13.3 Å². The van der Waals surface area contributed by atoms with Crippen LogP contribution < -0.4 is 0 Å². The first-order valence-electron chi connectivity index (χ1n) is 10.4. The zero-order valence-corrected chi connectivity index (χ0v) is 18.5. The number of fused-ring (bicyclic) bond motifs is 1. The molecule has 0 aliphatic rings. The van der Waals surface area contributed by atoms with E-state index in [4.69, 9.17) is 16.7 Å². The predicted molar refractivity (Wildman–Crippen MR) is 129 cm³/mol. The molecule has 0 spiro atoms. The highest BCUT2D eigenvalue weighted by Crippen LogP contribution is 2.39. The minimum absolute atomic E-state index is 0.238. The molecule has 1 heterocycles. The summed E-state index contributed by atoms with van der Waals surface area (Å²) in [7, 11) is 0. The van der Waals surface area contributed by atoms with Crippen LogP contribution >= 0.6 is 11.6 Å². The van der Waals surface area contributed by atoms with Crippen LogP contribution in [0.25, 0.3) is 28.1 Å². The topological polar surface area (TPSA) is 53.1 Å². The highest BCUT2D eigenvalue weighted by Gasteiger charge is 2.21. The fraction of sp³-hybridized carbons (Fsp3) is 0.0741. The van der Waals surface area contributed by atoms with Crippen LogP contribution in [0.1, 0.15) is 35.7 Å². The number of aromatic nitrogens is 1. The maximum Gasteiger partial charge on any atom is 0.328 e. The summed E-state index contributed by atoms with van der Waals surface area (Å²) in [6.07, 6.45) is 3.05. The van der Waals surface area contributed by atoms with E-state index in [9.17, 15) is 9.18 Å². The van der Waals surface area contributed by atoms with E-state index in [1.54, 1.807) is 48.5 Å². The number of aliphatic carboxylic acids is 1. The second kappa shape index (κ2) is 9.43. The van der Waals surface area contributed by atoms with E-state index in [1.807, 2.05) is 13.0 Å². The molecule has 0 fully saturated rings. The van der Waals surface area contributed by atoms with Gasteiger partial charge in [0.2, 0.25) is 0 Å². The summed E-state index contributed by atoms with van der Waals surface area (Å²) < 4.78 is 29.3. The van der Waals surface area contributed by atoms with Gasteiger partial charge in [0.25, 0.3) is 0 Å².